The highest BCUT2D eigenvalue weighted by atomic mass is 79.9. The van der Waals surface area contributed by atoms with E-state index in [-0.39, 0.29) is 42.8 Å². The van der Waals surface area contributed by atoms with Crippen molar-refractivity contribution >= 4 is 86.0 Å². The molecule has 0 radical (unpaired) electrons. The number of nitrogens with zero attached hydrogens (tertiary/aromatic N) is 7. The second kappa shape index (κ2) is 16.5. The van der Waals surface area contributed by atoms with E-state index in [1.807, 2.05) is 38.2 Å². The molecule has 3 aliphatic rings. The average molecular weight is 900 g/mol. The van der Waals surface area contributed by atoms with Gasteiger partial charge in [-0.2, -0.15) is 4.98 Å². The molecule has 0 bridgehead atoms. The number of imide groups is 1. The Morgan fingerprint density at radius 2 is 1.78 bits per heavy atom. The third-order valence-electron chi connectivity index (χ3n) is 11.5. The molecule has 2 aromatic heterocycles. The molecule has 0 saturated carbocycles. The number of carbonyl (C=O) groups excluding carboxylic acids is 3. The van der Waals surface area contributed by atoms with Crippen molar-refractivity contribution in [3.05, 3.63) is 87.5 Å². The Morgan fingerprint density at radius 1 is 1.02 bits per heavy atom. The van der Waals surface area contributed by atoms with Gasteiger partial charge in [-0.25, -0.2) is 9.37 Å². The number of piperidine rings is 2. The van der Waals surface area contributed by atoms with Crippen LogP contribution < -0.4 is 30.9 Å². The smallest absolute Gasteiger partial charge is 0.255 e. The summed E-state index contributed by atoms with van der Waals surface area (Å²) in [6.07, 6.45) is 6.91. The van der Waals surface area contributed by atoms with Crippen LogP contribution in [0.2, 0.25) is 0 Å². The minimum Gasteiger partial charge on any atom is -0.494 e. The number of ether oxygens (including phenoxy) is 1. The summed E-state index contributed by atoms with van der Waals surface area (Å²) in [7, 11) is 0.821. The molecule has 8 rings (SSSR count). The number of anilines is 5. The average Bonchev–Trinajstić information content (AvgIpc) is 3.55. The molecule has 0 aliphatic carbocycles. The number of hydrogen-bond donors (Lipinski definition) is 3. The lowest BCUT2D eigenvalue weighted by atomic mass is 10.00. The third kappa shape index (κ3) is 8.05. The molecule has 2 saturated heterocycles. The SMILES string of the molecule is COc1cc(N2CCC(N(C)Cc3ccc4c(c3F)CN(C3CCC(=O)NC3=O)C4=O)CC2)c(C)cc1Nc1ncc(Br)c(Nc2ccc3nccnc3c2P(C)(C)=O)n1. The van der Waals surface area contributed by atoms with Crippen molar-refractivity contribution in [3.63, 3.8) is 0 Å². The van der Waals surface area contributed by atoms with E-state index in [0.717, 1.165) is 37.2 Å². The Kier molecular flexibility index (Phi) is 11.3. The van der Waals surface area contributed by atoms with Crippen molar-refractivity contribution in [3.8, 4) is 5.75 Å². The van der Waals surface area contributed by atoms with E-state index in [4.69, 9.17) is 9.72 Å². The maximum atomic E-state index is 16.0. The zero-order valence-corrected chi connectivity index (χ0v) is 36.4. The summed E-state index contributed by atoms with van der Waals surface area (Å²) in [4.78, 5) is 61.3. The van der Waals surface area contributed by atoms with Gasteiger partial charge in [-0.3, -0.25) is 34.6 Å². The monoisotopic (exact) mass is 898 g/mol. The van der Waals surface area contributed by atoms with Gasteiger partial charge in [0.2, 0.25) is 17.8 Å². The first-order valence-corrected chi connectivity index (χ1v) is 23.0. The topological polar surface area (TPSA) is 175 Å². The second-order valence-corrected chi connectivity index (χ2v) is 19.8. The number of aryl methyl sites for hydroxylation is 1. The first-order valence-electron chi connectivity index (χ1n) is 19.6. The third-order valence-corrected chi connectivity index (χ3v) is 13.6. The number of fused-ring (bicyclic) bond motifs is 2. The van der Waals surface area contributed by atoms with Crippen LogP contribution in [0.1, 0.15) is 52.7 Å². The number of halogens is 2. The molecule has 60 heavy (non-hydrogen) atoms. The van der Waals surface area contributed by atoms with Crippen molar-refractivity contribution in [1.29, 1.82) is 0 Å². The minimum absolute atomic E-state index is 0.0000118. The normalized spacial score (nSPS) is 17.3. The Balaban J connectivity index is 0.923. The molecule has 1 atom stereocenters. The van der Waals surface area contributed by atoms with Gasteiger partial charge in [-0.1, -0.05) is 6.07 Å². The first-order chi connectivity index (χ1) is 28.7. The summed E-state index contributed by atoms with van der Waals surface area (Å²) in [5, 5.41) is 9.54. The fourth-order valence-corrected chi connectivity index (χ4v) is 10.1. The predicted molar refractivity (Wildman–Crippen MR) is 232 cm³/mol. The number of methoxy groups -OCH3 is 1. The molecule has 0 spiro atoms. The van der Waals surface area contributed by atoms with Crippen LogP contribution in [0.15, 0.2) is 59.5 Å². The summed E-state index contributed by atoms with van der Waals surface area (Å²) in [6, 6.07) is 10.4. The summed E-state index contributed by atoms with van der Waals surface area (Å²) >= 11 is 3.56. The van der Waals surface area contributed by atoms with Crippen molar-refractivity contribution in [1.82, 2.24) is 35.1 Å². The maximum Gasteiger partial charge on any atom is 0.255 e. The quantitative estimate of drug-likeness (QED) is 0.101. The van der Waals surface area contributed by atoms with Crippen LogP contribution in [0.4, 0.5) is 33.2 Å². The minimum atomic E-state index is -2.79. The Hall–Kier alpha value is -5.51. The number of aromatic nitrogens is 4. The largest absolute Gasteiger partial charge is 0.494 e. The summed E-state index contributed by atoms with van der Waals surface area (Å²) in [5.74, 6) is -0.280. The van der Waals surface area contributed by atoms with Gasteiger partial charge < -0.3 is 29.7 Å². The van der Waals surface area contributed by atoms with E-state index in [0.29, 0.717) is 67.4 Å². The maximum absolute atomic E-state index is 16.0. The van der Waals surface area contributed by atoms with Crippen molar-refractivity contribution in [2.75, 3.05) is 56.1 Å². The molecular weight excluding hydrogens is 854 g/mol. The van der Waals surface area contributed by atoms with Gasteiger partial charge >= 0.3 is 0 Å². The van der Waals surface area contributed by atoms with Crippen molar-refractivity contribution in [2.45, 2.75) is 57.8 Å². The molecule has 3 amide bonds. The van der Waals surface area contributed by atoms with E-state index in [2.05, 4.69) is 56.6 Å². The van der Waals surface area contributed by atoms with Crippen LogP contribution in [0.3, 0.4) is 0 Å². The zero-order valence-electron chi connectivity index (χ0n) is 33.9. The fourth-order valence-electron chi connectivity index (χ4n) is 8.44. The first kappa shape index (κ1) is 41.2. The van der Waals surface area contributed by atoms with Gasteiger partial charge in [0.15, 0.2) is 0 Å². The molecule has 18 heteroatoms. The molecular formula is C42H45BrFN10O5P. The summed E-state index contributed by atoms with van der Waals surface area (Å²) in [5.41, 5.74) is 5.67. The van der Waals surface area contributed by atoms with E-state index in [1.165, 1.54) is 4.90 Å². The van der Waals surface area contributed by atoms with Crippen LogP contribution in [0, 0.1) is 12.7 Å². The van der Waals surface area contributed by atoms with Crippen LogP contribution in [-0.2, 0) is 27.2 Å². The molecule has 15 nitrogen and oxygen atoms in total. The Bertz CT molecular complexity index is 2600. The van der Waals surface area contributed by atoms with E-state index in [9.17, 15) is 18.9 Å². The van der Waals surface area contributed by atoms with Gasteiger partial charge in [-0.15, -0.1) is 0 Å². The van der Waals surface area contributed by atoms with Gasteiger partial charge in [0.25, 0.3) is 5.91 Å². The Labute approximate surface area is 355 Å². The molecule has 3 aromatic carbocycles. The molecule has 2 fully saturated rings. The van der Waals surface area contributed by atoms with Crippen molar-refractivity contribution in [2.24, 2.45) is 0 Å². The van der Waals surface area contributed by atoms with Crippen LogP contribution in [0.25, 0.3) is 11.0 Å². The fraction of sp³-hybridized carbons (Fsp3) is 0.357. The highest BCUT2D eigenvalue weighted by Crippen LogP contribution is 2.42. The standard InChI is InChI=1S/C42H45BrFN10O5P/c1-23-18-31(49-42-47-20-28(43)39(51-42)48-30-9-8-29-37(46-15-14-45-29)38(30)60(4,5)58)34(59-3)19-33(23)53-16-12-25(13-17-53)52(2)21-24-6-7-26-27(36(24)44)22-54(41(26)57)32-10-11-35(55)50-40(32)56/h6-9,14-15,18-20,25,32H,10-13,16-17,21-22H2,1-5H3,(H,50,55,56)(H2,47,48,49,51). The molecule has 3 aliphatic heterocycles. The highest BCUT2D eigenvalue weighted by Gasteiger charge is 2.40. The number of hydrogen-bond acceptors (Lipinski definition) is 13. The molecule has 312 valence electrons. The van der Waals surface area contributed by atoms with Crippen LogP contribution in [-0.4, -0.2) is 100 Å². The summed E-state index contributed by atoms with van der Waals surface area (Å²) in [6.45, 7) is 7.39. The molecule has 1 unspecified atom stereocenters. The van der Waals surface area contributed by atoms with Crippen LogP contribution in [0.5, 0.6) is 5.75 Å². The number of rotatable bonds is 11. The zero-order chi connectivity index (χ0) is 42.5. The number of amides is 3. The van der Waals surface area contributed by atoms with E-state index >= 15 is 4.39 Å². The molecule has 3 N–H and O–H groups in total. The number of carbonyl (C=O) groups is 3. The van der Waals surface area contributed by atoms with Crippen molar-refractivity contribution < 1.29 is 28.1 Å². The lowest BCUT2D eigenvalue weighted by Gasteiger charge is -2.38. The lowest BCUT2D eigenvalue weighted by Crippen LogP contribution is -2.52. The molecule has 5 heterocycles. The van der Waals surface area contributed by atoms with Gasteiger partial charge in [0.1, 0.15) is 36.1 Å². The second-order valence-electron chi connectivity index (χ2n) is 15.8. The lowest BCUT2D eigenvalue weighted by molar-refractivity contribution is -0.136. The van der Waals surface area contributed by atoms with E-state index < -0.39 is 24.9 Å². The van der Waals surface area contributed by atoms with Gasteiger partial charge in [-0.05, 0) is 92.3 Å². The van der Waals surface area contributed by atoms with Crippen LogP contribution >= 0.6 is 23.1 Å². The van der Waals surface area contributed by atoms with Gasteiger partial charge in [0.05, 0.1) is 40.3 Å². The number of nitrogens with one attached hydrogen (secondary N) is 3. The Morgan fingerprint density at radius 3 is 2.52 bits per heavy atom. The van der Waals surface area contributed by atoms with Gasteiger partial charge in [0, 0.05) is 79.1 Å². The number of benzene rings is 3. The predicted octanol–water partition coefficient (Wildman–Crippen LogP) is 6.24. The highest BCUT2D eigenvalue weighted by molar-refractivity contribution is 9.10. The van der Waals surface area contributed by atoms with E-state index in [1.54, 1.807) is 51.2 Å². The summed E-state index contributed by atoms with van der Waals surface area (Å²) < 4.78 is 35.9. The molecule has 5 aromatic rings.